The summed E-state index contributed by atoms with van der Waals surface area (Å²) in [6.07, 6.45) is -0.442. The van der Waals surface area contributed by atoms with Gasteiger partial charge in [-0.1, -0.05) is 26.0 Å². The SMILES string of the molecule is Cc1ccc(C(C)C)c(O[C@H](C)C(=O)N2CCN(C)CC2)c1. The molecule has 1 heterocycles. The van der Waals surface area contributed by atoms with E-state index in [1.165, 1.54) is 0 Å². The Kier molecular flexibility index (Phi) is 5.46. The Morgan fingerprint density at radius 3 is 2.36 bits per heavy atom. The van der Waals surface area contributed by atoms with E-state index in [0.717, 1.165) is 43.1 Å². The lowest BCUT2D eigenvalue weighted by molar-refractivity contribution is -0.139. The van der Waals surface area contributed by atoms with Crippen molar-refractivity contribution in [1.29, 1.82) is 0 Å². The predicted octanol–water partition coefficient (Wildman–Crippen LogP) is 2.66. The molecule has 1 atom stereocenters. The summed E-state index contributed by atoms with van der Waals surface area (Å²) in [6.45, 7) is 11.6. The molecular weight excluding hydrogens is 276 g/mol. The van der Waals surface area contributed by atoms with E-state index in [1.807, 2.05) is 24.8 Å². The van der Waals surface area contributed by atoms with E-state index >= 15 is 0 Å². The molecule has 0 N–H and O–H groups in total. The lowest BCUT2D eigenvalue weighted by atomic mass is 10.0. The fraction of sp³-hybridized carbons (Fsp3) is 0.611. The van der Waals surface area contributed by atoms with Crippen LogP contribution in [0, 0.1) is 6.92 Å². The van der Waals surface area contributed by atoms with Crippen LogP contribution in [0.15, 0.2) is 18.2 Å². The molecule has 1 aliphatic rings. The van der Waals surface area contributed by atoms with Gasteiger partial charge in [-0.05, 0) is 44.0 Å². The van der Waals surface area contributed by atoms with Gasteiger partial charge in [-0.3, -0.25) is 4.79 Å². The second kappa shape index (κ2) is 7.14. The maximum Gasteiger partial charge on any atom is 0.263 e. The second-order valence-electron chi connectivity index (χ2n) is 6.58. The van der Waals surface area contributed by atoms with Gasteiger partial charge in [0.05, 0.1) is 0 Å². The molecule has 0 bridgehead atoms. The van der Waals surface area contributed by atoms with E-state index in [9.17, 15) is 4.79 Å². The van der Waals surface area contributed by atoms with Crippen LogP contribution in [0.4, 0.5) is 0 Å². The normalized spacial score (nSPS) is 17.6. The van der Waals surface area contributed by atoms with Crippen LogP contribution in [0.3, 0.4) is 0 Å². The molecule has 1 amide bonds. The molecule has 1 aromatic rings. The molecule has 122 valence electrons. The van der Waals surface area contributed by atoms with Gasteiger partial charge in [0.1, 0.15) is 5.75 Å². The minimum absolute atomic E-state index is 0.0873. The third-order valence-electron chi connectivity index (χ3n) is 4.26. The number of benzene rings is 1. The van der Waals surface area contributed by atoms with Crippen molar-refractivity contribution < 1.29 is 9.53 Å². The Morgan fingerprint density at radius 2 is 1.77 bits per heavy atom. The molecule has 1 aliphatic heterocycles. The molecule has 0 aliphatic carbocycles. The number of nitrogens with zero attached hydrogens (tertiary/aromatic N) is 2. The number of carbonyl (C=O) groups is 1. The van der Waals surface area contributed by atoms with Gasteiger partial charge in [-0.2, -0.15) is 0 Å². The minimum atomic E-state index is -0.442. The van der Waals surface area contributed by atoms with Gasteiger partial charge in [0, 0.05) is 26.2 Å². The average Bonchev–Trinajstić information content (AvgIpc) is 2.47. The molecule has 2 rings (SSSR count). The zero-order chi connectivity index (χ0) is 16.3. The van der Waals surface area contributed by atoms with Gasteiger partial charge in [-0.25, -0.2) is 0 Å². The lowest BCUT2D eigenvalue weighted by Crippen LogP contribution is -2.50. The topological polar surface area (TPSA) is 32.8 Å². The summed E-state index contributed by atoms with van der Waals surface area (Å²) in [5.74, 6) is 1.30. The van der Waals surface area contributed by atoms with Gasteiger partial charge in [0.15, 0.2) is 6.10 Å². The smallest absolute Gasteiger partial charge is 0.263 e. The zero-order valence-corrected chi connectivity index (χ0v) is 14.4. The van der Waals surface area contributed by atoms with Crippen molar-refractivity contribution >= 4 is 5.91 Å². The second-order valence-corrected chi connectivity index (χ2v) is 6.58. The van der Waals surface area contributed by atoms with Crippen LogP contribution < -0.4 is 4.74 Å². The summed E-state index contributed by atoms with van der Waals surface area (Å²) < 4.78 is 6.02. The van der Waals surface area contributed by atoms with Crippen LogP contribution in [0.1, 0.15) is 37.8 Å². The number of ether oxygens (including phenoxy) is 1. The van der Waals surface area contributed by atoms with Crippen LogP contribution in [-0.2, 0) is 4.79 Å². The van der Waals surface area contributed by atoms with Gasteiger partial charge < -0.3 is 14.5 Å². The molecule has 4 heteroatoms. The Balaban J connectivity index is 2.06. The molecule has 22 heavy (non-hydrogen) atoms. The maximum absolute atomic E-state index is 12.6. The molecule has 0 spiro atoms. The number of hydrogen-bond donors (Lipinski definition) is 0. The van der Waals surface area contributed by atoms with Crippen molar-refractivity contribution in [3.63, 3.8) is 0 Å². The van der Waals surface area contributed by atoms with Crippen molar-refractivity contribution in [3.05, 3.63) is 29.3 Å². The Labute approximate surface area is 134 Å². The average molecular weight is 304 g/mol. The Bertz CT molecular complexity index is 520. The third-order valence-corrected chi connectivity index (χ3v) is 4.26. The third kappa shape index (κ3) is 4.01. The van der Waals surface area contributed by atoms with Crippen molar-refractivity contribution in [1.82, 2.24) is 9.80 Å². The quantitative estimate of drug-likeness (QED) is 0.857. The summed E-state index contributed by atoms with van der Waals surface area (Å²) in [6, 6.07) is 6.22. The van der Waals surface area contributed by atoms with Crippen molar-refractivity contribution in [2.75, 3.05) is 33.2 Å². The van der Waals surface area contributed by atoms with Gasteiger partial charge >= 0.3 is 0 Å². The molecule has 0 unspecified atom stereocenters. The van der Waals surface area contributed by atoms with Gasteiger partial charge in [0.25, 0.3) is 5.91 Å². The molecular formula is C18H28N2O2. The van der Waals surface area contributed by atoms with Crippen LogP contribution in [-0.4, -0.2) is 55.0 Å². The first-order valence-electron chi connectivity index (χ1n) is 8.13. The highest BCUT2D eigenvalue weighted by Crippen LogP contribution is 2.28. The van der Waals surface area contributed by atoms with E-state index < -0.39 is 6.10 Å². The highest BCUT2D eigenvalue weighted by atomic mass is 16.5. The molecule has 0 radical (unpaired) electrons. The van der Waals surface area contributed by atoms with Gasteiger partial charge in [0.2, 0.25) is 0 Å². The van der Waals surface area contributed by atoms with E-state index in [-0.39, 0.29) is 5.91 Å². The monoisotopic (exact) mass is 304 g/mol. The van der Waals surface area contributed by atoms with Crippen molar-refractivity contribution in [2.45, 2.75) is 39.7 Å². The van der Waals surface area contributed by atoms with E-state index in [0.29, 0.717) is 5.92 Å². The van der Waals surface area contributed by atoms with Crippen molar-refractivity contribution in [2.24, 2.45) is 0 Å². The molecule has 1 fully saturated rings. The molecule has 4 nitrogen and oxygen atoms in total. The number of aryl methyl sites for hydroxylation is 1. The molecule has 1 saturated heterocycles. The summed E-state index contributed by atoms with van der Waals surface area (Å²) in [5.41, 5.74) is 2.31. The first kappa shape index (κ1) is 16.8. The van der Waals surface area contributed by atoms with E-state index in [1.54, 1.807) is 0 Å². The van der Waals surface area contributed by atoms with Crippen LogP contribution in [0.25, 0.3) is 0 Å². The largest absolute Gasteiger partial charge is 0.481 e. The minimum Gasteiger partial charge on any atom is -0.481 e. The fourth-order valence-corrected chi connectivity index (χ4v) is 2.75. The summed E-state index contributed by atoms with van der Waals surface area (Å²) in [5, 5.41) is 0. The van der Waals surface area contributed by atoms with E-state index in [4.69, 9.17) is 4.74 Å². The first-order valence-corrected chi connectivity index (χ1v) is 8.13. The fourth-order valence-electron chi connectivity index (χ4n) is 2.75. The molecule has 0 saturated carbocycles. The number of amides is 1. The number of rotatable bonds is 4. The van der Waals surface area contributed by atoms with Crippen LogP contribution >= 0.6 is 0 Å². The molecule has 0 aromatic heterocycles. The van der Waals surface area contributed by atoms with Crippen LogP contribution in [0.5, 0.6) is 5.75 Å². The zero-order valence-electron chi connectivity index (χ0n) is 14.4. The maximum atomic E-state index is 12.6. The molecule has 1 aromatic carbocycles. The standard InChI is InChI=1S/C18H28N2O2/c1-13(2)16-7-6-14(3)12-17(16)22-15(4)18(21)20-10-8-19(5)9-11-20/h6-7,12-13,15H,8-11H2,1-5H3/t15-/m1/s1. The van der Waals surface area contributed by atoms with Gasteiger partial charge in [-0.15, -0.1) is 0 Å². The van der Waals surface area contributed by atoms with E-state index in [2.05, 4.69) is 37.9 Å². The predicted molar refractivity (Wildman–Crippen MR) is 89.4 cm³/mol. The number of likely N-dealkylation sites (N-methyl/N-ethyl adjacent to an activating group) is 1. The lowest BCUT2D eigenvalue weighted by Gasteiger charge is -2.34. The number of carbonyl (C=O) groups excluding carboxylic acids is 1. The Hall–Kier alpha value is -1.55. The first-order chi connectivity index (χ1) is 10.4. The Morgan fingerprint density at radius 1 is 1.14 bits per heavy atom. The highest BCUT2D eigenvalue weighted by molar-refractivity contribution is 5.81. The number of piperazine rings is 1. The highest BCUT2D eigenvalue weighted by Gasteiger charge is 2.25. The van der Waals surface area contributed by atoms with Crippen molar-refractivity contribution in [3.8, 4) is 5.75 Å². The summed E-state index contributed by atoms with van der Waals surface area (Å²) in [7, 11) is 2.09. The summed E-state index contributed by atoms with van der Waals surface area (Å²) in [4.78, 5) is 16.7. The number of hydrogen-bond acceptors (Lipinski definition) is 3. The van der Waals surface area contributed by atoms with Crippen LogP contribution in [0.2, 0.25) is 0 Å². The summed E-state index contributed by atoms with van der Waals surface area (Å²) >= 11 is 0.